The minimum Gasteiger partial charge on any atom is -0.383 e. The average Bonchev–Trinajstić information content (AvgIpc) is 2.94. The number of nitrogens with zero attached hydrogens (tertiary/aromatic N) is 2. The predicted molar refractivity (Wildman–Crippen MR) is 89.6 cm³/mol. The number of hydrogen-bond acceptors (Lipinski definition) is 5. The molecule has 2 amide bonds. The molecule has 1 heterocycles. The Morgan fingerprint density at radius 2 is 2.00 bits per heavy atom. The van der Waals surface area contributed by atoms with Crippen LogP contribution in [0.5, 0.6) is 0 Å². The zero-order chi connectivity index (χ0) is 17.7. The molecule has 0 radical (unpaired) electrons. The van der Waals surface area contributed by atoms with Gasteiger partial charge in [0.05, 0.1) is 10.8 Å². The Labute approximate surface area is 140 Å². The van der Waals surface area contributed by atoms with E-state index in [-0.39, 0.29) is 35.9 Å². The smallest absolute Gasteiger partial charge is 0.269 e. The average molecular weight is 334 g/mol. The number of non-ortho nitro benzene ring substituents is 1. The molecule has 0 saturated carbocycles. The van der Waals surface area contributed by atoms with Gasteiger partial charge in [0.25, 0.3) is 5.69 Å². The standard InChI is InChI=1S/C16H22N4O4/c1-11(2)19-10-12(9-15(19)21)16(22)18-8-7-17-13-3-5-14(6-4-13)20(23)24/h3-6,11-12,17H,7-10H2,1-2H3,(H,18,22). The first kappa shape index (κ1) is 17.7. The van der Waals surface area contributed by atoms with Gasteiger partial charge in [-0.2, -0.15) is 0 Å². The minimum absolute atomic E-state index is 0.0224. The topological polar surface area (TPSA) is 105 Å². The number of hydrogen-bond donors (Lipinski definition) is 2. The summed E-state index contributed by atoms with van der Waals surface area (Å²) in [6.07, 6.45) is 0.264. The number of nitro groups is 1. The van der Waals surface area contributed by atoms with Gasteiger partial charge in [0, 0.05) is 49.9 Å². The molecule has 8 heteroatoms. The fourth-order valence-corrected chi connectivity index (χ4v) is 2.64. The number of anilines is 1. The second-order valence-corrected chi connectivity index (χ2v) is 6.06. The number of nitrogens with one attached hydrogen (secondary N) is 2. The molecule has 0 aromatic heterocycles. The maximum atomic E-state index is 12.1. The highest BCUT2D eigenvalue weighted by Crippen LogP contribution is 2.20. The molecule has 8 nitrogen and oxygen atoms in total. The lowest BCUT2D eigenvalue weighted by Crippen LogP contribution is -2.37. The van der Waals surface area contributed by atoms with Gasteiger partial charge >= 0.3 is 0 Å². The maximum absolute atomic E-state index is 12.1. The first-order valence-corrected chi connectivity index (χ1v) is 7.94. The highest BCUT2D eigenvalue weighted by Gasteiger charge is 2.35. The molecule has 0 spiro atoms. The van der Waals surface area contributed by atoms with E-state index in [1.165, 1.54) is 12.1 Å². The second-order valence-electron chi connectivity index (χ2n) is 6.06. The van der Waals surface area contributed by atoms with Crippen molar-refractivity contribution in [1.82, 2.24) is 10.2 Å². The quantitative estimate of drug-likeness (QED) is 0.445. The molecule has 0 bridgehead atoms. The maximum Gasteiger partial charge on any atom is 0.269 e. The van der Waals surface area contributed by atoms with Crippen molar-refractivity contribution in [3.05, 3.63) is 34.4 Å². The summed E-state index contributed by atoms with van der Waals surface area (Å²) in [7, 11) is 0. The van der Waals surface area contributed by atoms with Crippen LogP contribution < -0.4 is 10.6 Å². The van der Waals surface area contributed by atoms with Crippen molar-refractivity contribution >= 4 is 23.2 Å². The summed E-state index contributed by atoms with van der Waals surface area (Å²) < 4.78 is 0. The first-order valence-electron chi connectivity index (χ1n) is 7.94. The Bertz CT molecular complexity index is 615. The molecule has 0 aliphatic carbocycles. The highest BCUT2D eigenvalue weighted by atomic mass is 16.6. The Kier molecular flexibility index (Phi) is 5.73. The van der Waals surface area contributed by atoms with Crippen LogP contribution in [0.4, 0.5) is 11.4 Å². The molecule has 1 fully saturated rings. The molecular formula is C16H22N4O4. The number of rotatable bonds is 7. The Morgan fingerprint density at radius 3 is 2.54 bits per heavy atom. The van der Waals surface area contributed by atoms with Gasteiger partial charge in [0.2, 0.25) is 11.8 Å². The number of benzene rings is 1. The van der Waals surface area contributed by atoms with Crippen LogP contribution in [0.2, 0.25) is 0 Å². The molecule has 1 aromatic carbocycles. The van der Waals surface area contributed by atoms with Crippen molar-refractivity contribution in [3.63, 3.8) is 0 Å². The summed E-state index contributed by atoms with van der Waals surface area (Å²) in [6, 6.07) is 6.20. The lowest BCUT2D eigenvalue weighted by molar-refractivity contribution is -0.384. The lowest BCUT2D eigenvalue weighted by atomic mass is 10.1. The van der Waals surface area contributed by atoms with Gasteiger partial charge in [-0.15, -0.1) is 0 Å². The van der Waals surface area contributed by atoms with Crippen LogP contribution in [0, 0.1) is 16.0 Å². The van der Waals surface area contributed by atoms with Crippen molar-refractivity contribution < 1.29 is 14.5 Å². The highest BCUT2D eigenvalue weighted by molar-refractivity contribution is 5.89. The molecule has 1 unspecified atom stereocenters. The number of nitro benzene ring substituents is 1. The SMILES string of the molecule is CC(C)N1CC(C(=O)NCCNc2ccc([N+](=O)[O-])cc2)CC1=O. The number of carbonyl (C=O) groups excluding carboxylic acids is 2. The van der Waals surface area contributed by atoms with Crippen molar-refractivity contribution in [2.45, 2.75) is 26.3 Å². The van der Waals surface area contributed by atoms with Gasteiger partial charge < -0.3 is 15.5 Å². The van der Waals surface area contributed by atoms with E-state index < -0.39 is 4.92 Å². The largest absolute Gasteiger partial charge is 0.383 e. The van der Waals surface area contributed by atoms with Gasteiger partial charge in [-0.3, -0.25) is 19.7 Å². The van der Waals surface area contributed by atoms with E-state index in [0.29, 0.717) is 19.6 Å². The summed E-state index contributed by atoms with van der Waals surface area (Å²) in [4.78, 5) is 35.7. The Balaban J connectivity index is 1.71. The third kappa shape index (κ3) is 4.43. The van der Waals surface area contributed by atoms with Crippen molar-refractivity contribution in [2.75, 3.05) is 25.0 Å². The van der Waals surface area contributed by atoms with E-state index in [9.17, 15) is 19.7 Å². The van der Waals surface area contributed by atoms with Crippen LogP contribution in [0.1, 0.15) is 20.3 Å². The normalized spacial score (nSPS) is 17.2. The molecule has 2 N–H and O–H groups in total. The summed E-state index contributed by atoms with van der Waals surface area (Å²) in [5, 5.41) is 16.5. The molecule has 1 saturated heterocycles. The monoisotopic (exact) mass is 334 g/mol. The Morgan fingerprint density at radius 1 is 1.33 bits per heavy atom. The fourth-order valence-electron chi connectivity index (χ4n) is 2.64. The van der Waals surface area contributed by atoms with Gasteiger partial charge in [0.1, 0.15) is 0 Å². The zero-order valence-electron chi connectivity index (χ0n) is 13.8. The molecule has 130 valence electrons. The van der Waals surface area contributed by atoms with Crippen LogP contribution in [-0.2, 0) is 9.59 Å². The zero-order valence-corrected chi connectivity index (χ0v) is 13.8. The van der Waals surface area contributed by atoms with E-state index in [0.717, 1.165) is 5.69 Å². The van der Waals surface area contributed by atoms with E-state index in [2.05, 4.69) is 10.6 Å². The fraction of sp³-hybridized carbons (Fsp3) is 0.500. The molecule has 1 aromatic rings. The van der Waals surface area contributed by atoms with Crippen LogP contribution in [0.3, 0.4) is 0 Å². The molecular weight excluding hydrogens is 312 g/mol. The van der Waals surface area contributed by atoms with E-state index >= 15 is 0 Å². The summed E-state index contributed by atoms with van der Waals surface area (Å²) in [6.45, 7) is 5.26. The molecule has 1 aliphatic rings. The van der Waals surface area contributed by atoms with Crippen molar-refractivity contribution in [1.29, 1.82) is 0 Å². The second kappa shape index (κ2) is 7.76. The van der Waals surface area contributed by atoms with Crippen molar-refractivity contribution in [3.8, 4) is 0 Å². The summed E-state index contributed by atoms with van der Waals surface area (Å²) in [5.74, 6) is -0.384. The molecule has 2 rings (SSSR count). The van der Waals surface area contributed by atoms with E-state index in [1.54, 1.807) is 17.0 Å². The van der Waals surface area contributed by atoms with Crippen LogP contribution in [-0.4, -0.2) is 47.3 Å². The van der Waals surface area contributed by atoms with E-state index in [1.807, 2.05) is 13.8 Å². The van der Waals surface area contributed by atoms with Crippen molar-refractivity contribution in [2.24, 2.45) is 5.92 Å². The van der Waals surface area contributed by atoms with Crippen LogP contribution >= 0.6 is 0 Å². The third-order valence-electron chi connectivity index (χ3n) is 3.98. The predicted octanol–water partition coefficient (Wildman–Crippen LogP) is 1.38. The van der Waals surface area contributed by atoms with Crippen LogP contribution in [0.25, 0.3) is 0 Å². The molecule has 1 atom stereocenters. The van der Waals surface area contributed by atoms with E-state index in [4.69, 9.17) is 0 Å². The third-order valence-corrected chi connectivity index (χ3v) is 3.98. The van der Waals surface area contributed by atoms with Gasteiger partial charge in [0.15, 0.2) is 0 Å². The number of carbonyl (C=O) groups is 2. The van der Waals surface area contributed by atoms with Gasteiger partial charge in [-0.05, 0) is 26.0 Å². The minimum atomic E-state index is -0.451. The summed E-state index contributed by atoms with van der Waals surface area (Å²) >= 11 is 0. The van der Waals surface area contributed by atoms with Gasteiger partial charge in [-0.1, -0.05) is 0 Å². The first-order chi connectivity index (χ1) is 11.4. The number of likely N-dealkylation sites (tertiary alicyclic amines) is 1. The lowest BCUT2D eigenvalue weighted by Gasteiger charge is -2.20. The Hall–Kier alpha value is -2.64. The van der Waals surface area contributed by atoms with Gasteiger partial charge in [-0.25, -0.2) is 0 Å². The summed E-state index contributed by atoms with van der Waals surface area (Å²) in [5.41, 5.74) is 0.784. The molecule has 24 heavy (non-hydrogen) atoms. The molecule has 1 aliphatic heterocycles. The number of amides is 2. The van der Waals surface area contributed by atoms with Crippen LogP contribution in [0.15, 0.2) is 24.3 Å².